The van der Waals surface area contributed by atoms with E-state index in [1.54, 1.807) is 12.4 Å². The highest BCUT2D eigenvalue weighted by Crippen LogP contribution is 2.21. The van der Waals surface area contributed by atoms with Gasteiger partial charge in [-0.05, 0) is 37.6 Å². The summed E-state index contributed by atoms with van der Waals surface area (Å²) in [6, 6.07) is 9.69. The molecule has 2 aromatic heterocycles. The fourth-order valence-electron chi connectivity index (χ4n) is 2.27. The van der Waals surface area contributed by atoms with Gasteiger partial charge < -0.3 is 4.98 Å². The number of pyridine rings is 1. The number of hydrogen-bond acceptors (Lipinski definition) is 2. The van der Waals surface area contributed by atoms with E-state index < -0.39 is 0 Å². The van der Waals surface area contributed by atoms with Crippen molar-refractivity contribution in [2.24, 2.45) is 0 Å². The highest BCUT2D eigenvalue weighted by Gasteiger charge is 2.16. The zero-order valence-corrected chi connectivity index (χ0v) is 10.9. The molecule has 0 unspecified atom stereocenters. The summed E-state index contributed by atoms with van der Waals surface area (Å²) in [4.78, 5) is 19.9. The van der Waals surface area contributed by atoms with Crippen molar-refractivity contribution in [3.05, 3.63) is 65.0 Å². The van der Waals surface area contributed by atoms with Gasteiger partial charge in [0.2, 0.25) is 0 Å². The molecule has 0 saturated carbocycles. The number of nitrogens with zero attached hydrogens (tertiary/aromatic N) is 1. The minimum absolute atomic E-state index is 0.0421. The SMILES string of the molecule is Cc1ccc(C)c(C(=O)c2c[nH]c3ncccc23)c1. The molecule has 0 saturated heterocycles. The first-order chi connectivity index (χ1) is 9.16. The molecule has 0 fully saturated rings. The van der Waals surface area contributed by atoms with Crippen LogP contribution < -0.4 is 0 Å². The summed E-state index contributed by atoms with van der Waals surface area (Å²) in [6.07, 6.45) is 3.45. The second kappa shape index (κ2) is 4.35. The lowest BCUT2D eigenvalue weighted by Gasteiger charge is -2.05. The Morgan fingerprint density at radius 1 is 1.16 bits per heavy atom. The lowest BCUT2D eigenvalue weighted by Crippen LogP contribution is -2.03. The molecule has 3 rings (SSSR count). The van der Waals surface area contributed by atoms with Crippen molar-refractivity contribution in [2.75, 3.05) is 0 Å². The molecule has 1 N–H and O–H groups in total. The van der Waals surface area contributed by atoms with Gasteiger partial charge in [0.05, 0.1) is 0 Å². The molecule has 19 heavy (non-hydrogen) atoms. The van der Waals surface area contributed by atoms with Crippen LogP contribution in [0.15, 0.2) is 42.7 Å². The van der Waals surface area contributed by atoms with Crippen LogP contribution in [-0.4, -0.2) is 15.8 Å². The fourth-order valence-corrected chi connectivity index (χ4v) is 2.27. The van der Waals surface area contributed by atoms with Crippen LogP contribution in [-0.2, 0) is 0 Å². The maximum absolute atomic E-state index is 12.6. The van der Waals surface area contributed by atoms with Crippen molar-refractivity contribution in [2.45, 2.75) is 13.8 Å². The normalized spacial score (nSPS) is 10.8. The number of aromatic amines is 1. The van der Waals surface area contributed by atoms with Gasteiger partial charge in [0.25, 0.3) is 0 Å². The molecule has 0 bridgehead atoms. The molecule has 0 aliphatic heterocycles. The molecule has 3 nitrogen and oxygen atoms in total. The summed E-state index contributed by atoms with van der Waals surface area (Å²) in [5, 5.41) is 0.869. The van der Waals surface area contributed by atoms with Crippen molar-refractivity contribution >= 4 is 16.8 Å². The Bertz CT molecular complexity index is 771. The van der Waals surface area contributed by atoms with Gasteiger partial charge in [-0.1, -0.05) is 17.7 Å². The molecule has 0 amide bonds. The zero-order valence-electron chi connectivity index (χ0n) is 10.9. The lowest BCUT2D eigenvalue weighted by atomic mass is 9.97. The summed E-state index contributed by atoms with van der Waals surface area (Å²) in [5.74, 6) is 0.0421. The van der Waals surface area contributed by atoms with Crippen molar-refractivity contribution in [3.63, 3.8) is 0 Å². The van der Waals surface area contributed by atoms with E-state index in [1.807, 2.05) is 44.2 Å². The monoisotopic (exact) mass is 250 g/mol. The molecule has 2 heterocycles. The summed E-state index contributed by atoms with van der Waals surface area (Å²) in [6.45, 7) is 3.95. The zero-order chi connectivity index (χ0) is 13.4. The van der Waals surface area contributed by atoms with Crippen LogP contribution in [0.2, 0.25) is 0 Å². The Morgan fingerprint density at radius 3 is 2.84 bits per heavy atom. The van der Waals surface area contributed by atoms with Gasteiger partial charge in [-0.2, -0.15) is 0 Å². The number of aromatic nitrogens is 2. The highest BCUT2D eigenvalue weighted by atomic mass is 16.1. The van der Waals surface area contributed by atoms with Gasteiger partial charge >= 0.3 is 0 Å². The van der Waals surface area contributed by atoms with Crippen LogP contribution in [0, 0.1) is 13.8 Å². The second-order valence-electron chi connectivity index (χ2n) is 4.75. The number of hydrogen-bond donors (Lipinski definition) is 1. The number of aryl methyl sites for hydroxylation is 2. The number of rotatable bonds is 2. The first-order valence-corrected chi connectivity index (χ1v) is 6.21. The molecule has 0 spiro atoms. The van der Waals surface area contributed by atoms with Crippen LogP contribution in [0.3, 0.4) is 0 Å². The molecule has 0 radical (unpaired) electrons. The number of H-pyrrole nitrogens is 1. The van der Waals surface area contributed by atoms with Gasteiger partial charge in [-0.15, -0.1) is 0 Å². The first-order valence-electron chi connectivity index (χ1n) is 6.21. The fraction of sp³-hybridized carbons (Fsp3) is 0.125. The minimum Gasteiger partial charge on any atom is -0.345 e. The Kier molecular flexibility index (Phi) is 2.67. The number of nitrogens with one attached hydrogen (secondary N) is 1. The summed E-state index contributed by atoms with van der Waals surface area (Å²) < 4.78 is 0. The van der Waals surface area contributed by atoms with E-state index >= 15 is 0 Å². The van der Waals surface area contributed by atoms with E-state index in [4.69, 9.17) is 0 Å². The first kappa shape index (κ1) is 11.7. The molecular formula is C16H14N2O. The standard InChI is InChI=1S/C16H14N2O/c1-10-5-6-11(2)13(8-10)15(19)14-9-18-16-12(14)4-3-7-17-16/h3-9H,1-2H3,(H,17,18). The largest absolute Gasteiger partial charge is 0.345 e. The molecule has 3 aromatic rings. The van der Waals surface area contributed by atoms with Gasteiger partial charge in [0, 0.05) is 28.9 Å². The van der Waals surface area contributed by atoms with Crippen molar-refractivity contribution < 1.29 is 4.79 Å². The minimum atomic E-state index is 0.0421. The second-order valence-corrected chi connectivity index (χ2v) is 4.75. The molecular weight excluding hydrogens is 236 g/mol. The Morgan fingerprint density at radius 2 is 2.00 bits per heavy atom. The number of ketones is 1. The van der Waals surface area contributed by atoms with E-state index in [1.165, 1.54) is 0 Å². The molecule has 0 aliphatic carbocycles. The van der Waals surface area contributed by atoms with E-state index in [0.717, 1.165) is 27.7 Å². The molecule has 94 valence electrons. The maximum Gasteiger partial charge on any atom is 0.195 e. The summed E-state index contributed by atoms with van der Waals surface area (Å²) >= 11 is 0. The Hall–Kier alpha value is -2.42. The quantitative estimate of drug-likeness (QED) is 0.708. The molecule has 0 aliphatic rings. The lowest BCUT2D eigenvalue weighted by molar-refractivity contribution is 0.103. The highest BCUT2D eigenvalue weighted by molar-refractivity contribution is 6.16. The van der Waals surface area contributed by atoms with Crippen LogP contribution >= 0.6 is 0 Å². The average molecular weight is 250 g/mol. The summed E-state index contributed by atoms with van der Waals surface area (Å²) in [7, 11) is 0. The van der Waals surface area contributed by atoms with E-state index in [0.29, 0.717) is 5.56 Å². The summed E-state index contributed by atoms with van der Waals surface area (Å²) in [5.41, 5.74) is 4.26. The van der Waals surface area contributed by atoms with Crippen LogP contribution in [0.4, 0.5) is 0 Å². The smallest absolute Gasteiger partial charge is 0.195 e. The van der Waals surface area contributed by atoms with Gasteiger partial charge in [0.1, 0.15) is 5.65 Å². The predicted molar refractivity (Wildman–Crippen MR) is 75.4 cm³/mol. The van der Waals surface area contributed by atoms with Crippen molar-refractivity contribution in [3.8, 4) is 0 Å². The Labute approximate surface area is 111 Å². The van der Waals surface area contributed by atoms with E-state index in [2.05, 4.69) is 9.97 Å². The van der Waals surface area contributed by atoms with Crippen LogP contribution in [0.25, 0.3) is 11.0 Å². The van der Waals surface area contributed by atoms with Gasteiger partial charge in [-0.25, -0.2) is 4.98 Å². The van der Waals surface area contributed by atoms with Crippen LogP contribution in [0.5, 0.6) is 0 Å². The van der Waals surface area contributed by atoms with E-state index in [-0.39, 0.29) is 5.78 Å². The molecule has 1 aromatic carbocycles. The van der Waals surface area contributed by atoms with Crippen LogP contribution in [0.1, 0.15) is 27.0 Å². The number of carbonyl (C=O) groups is 1. The van der Waals surface area contributed by atoms with Gasteiger partial charge in [-0.3, -0.25) is 4.79 Å². The predicted octanol–water partition coefficient (Wildman–Crippen LogP) is 3.41. The topological polar surface area (TPSA) is 45.8 Å². The molecule has 3 heteroatoms. The van der Waals surface area contributed by atoms with Crippen molar-refractivity contribution in [1.29, 1.82) is 0 Å². The average Bonchev–Trinajstić information content (AvgIpc) is 2.84. The third-order valence-corrected chi connectivity index (χ3v) is 3.33. The third kappa shape index (κ3) is 1.93. The van der Waals surface area contributed by atoms with Crippen molar-refractivity contribution in [1.82, 2.24) is 9.97 Å². The van der Waals surface area contributed by atoms with E-state index in [9.17, 15) is 4.79 Å². The number of benzene rings is 1. The molecule has 0 atom stereocenters. The van der Waals surface area contributed by atoms with Gasteiger partial charge in [0.15, 0.2) is 5.78 Å². The Balaban J connectivity index is 2.16. The number of carbonyl (C=O) groups excluding carboxylic acids is 1. The maximum atomic E-state index is 12.6. The number of fused-ring (bicyclic) bond motifs is 1. The third-order valence-electron chi connectivity index (χ3n) is 3.33.